The number of hydrogen-bond donors (Lipinski definition) is 3. The lowest BCUT2D eigenvalue weighted by Crippen LogP contribution is -2.46. The van der Waals surface area contributed by atoms with Crippen LogP contribution in [0.15, 0.2) is 29.4 Å². The molecule has 1 aromatic carbocycles. The van der Waals surface area contributed by atoms with Crippen molar-refractivity contribution in [1.29, 1.82) is 0 Å². The monoisotopic (exact) mass is 416 g/mol. The number of nitrogens with one attached hydrogen (secondary N) is 3. The van der Waals surface area contributed by atoms with Crippen LogP contribution in [-0.4, -0.2) is 45.3 Å². The van der Waals surface area contributed by atoms with Crippen LogP contribution in [0.5, 0.6) is 0 Å². The average molecular weight is 417 g/mol. The molecule has 3 rings (SSSR count). The van der Waals surface area contributed by atoms with Crippen molar-refractivity contribution in [2.75, 3.05) is 18.8 Å². The fourth-order valence-corrected chi connectivity index (χ4v) is 5.68. The Labute approximate surface area is 177 Å². The zero-order valence-electron chi connectivity index (χ0n) is 18.1. The summed E-state index contributed by atoms with van der Waals surface area (Å²) in [6.45, 7) is 7.90. The van der Waals surface area contributed by atoms with Gasteiger partial charge in [-0.1, -0.05) is 38.5 Å². The zero-order chi connectivity index (χ0) is 20.6. The summed E-state index contributed by atoms with van der Waals surface area (Å²) < 4.78 is 12.2. The lowest BCUT2D eigenvalue weighted by Gasteiger charge is -2.30. The number of aromatic amines is 1. The Morgan fingerprint density at radius 1 is 1.24 bits per heavy atom. The molecule has 1 heterocycles. The highest BCUT2D eigenvalue weighted by Crippen LogP contribution is 2.24. The van der Waals surface area contributed by atoms with Gasteiger partial charge in [-0.2, -0.15) is 0 Å². The number of hydrogen-bond acceptors (Lipinski definition) is 2. The van der Waals surface area contributed by atoms with E-state index in [4.69, 9.17) is 4.99 Å². The Hall–Kier alpha value is -1.82. The maximum atomic E-state index is 12.2. The number of rotatable bonds is 8. The first-order chi connectivity index (χ1) is 14.2. The van der Waals surface area contributed by atoms with Gasteiger partial charge in [0.15, 0.2) is 5.96 Å². The quantitative estimate of drug-likeness (QED) is 0.451. The molecule has 0 spiro atoms. The van der Waals surface area contributed by atoms with Crippen LogP contribution < -0.4 is 10.6 Å². The second kappa shape index (κ2) is 10.8. The van der Waals surface area contributed by atoms with Crippen molar-refractivity contribution in [3.63, 3.8) is 0 Å². The number of benzene rings is 1. The summed E-state index contributed by atoms with van der Waals surface area (Å²) in [7, 11) is -0.699. The van der Waals surface area contributed by atoms with E-state index in [-0.39, 0.29) is 0 Å². The van der Waals surface area contributed by atoms with Crippen molar-refractivity contribution in [1.82, 2.24) is 15.6 Å². The van der Waals surface area contributed by atoms with E-state index in [0.717, 1.165) is 63.3 Å². The molecule has 3 N–H and O–H groups in total. The van der Waals surface area contributed by atoms with E-state index in [9.17, 15) is 4.21 Å². The van der Waals surface area contributed by atoms with Gasteiger partial charge in [0.25, 0.3) is 0 Å². The fourth-order valence-electron chi connectivity index (χ4n) is 4.33. The van der Waals surface area contributed by atoms with E-state index in [1.54, 1.807) is 0 Å². The predicted octanol–water partition coefficient (Wildman–Crippen LogP) is 3.91. The number of nitrogens with zero attached hydrogens (tertiary/aromatic N) is 1. The maximum Gasteiger partial charge on any atom is 0.191 e. The molecule has 0 radical (unpaired) electrons. The van der Waals surface area contributed by atoms with Crippen molar-refractivity contribution in [3.8, 4) is 0 Å². The zero-order valence-corrected chi connectivity index (χ0v) is 18.9. The second-order valence-electron chi connectivity index (χ2n) is 7.82. The van der Waals surface area contributed by atoms with Crippen LogP contribution in [-0.2, 0) is 23.6 Å². The number of fused-ring (bicyclic) bond motifs is 1. The van der Waals surface area contributed by atoms with Gasteiger partial charge in [-0.05, 0) is 50.2 Å². The molecule has 1 aromatic heterocycles. The van der Waals surface area contributed by atoms with Gasteiger partial charge in [0.1, 0.15) is 0 Å². The molecule has 1 aliphatic carbocycles. The third kappa shape index (κ3) is 5.62. The molecule has 1 fully saturated rings. The highest BCUT2D eigenvalue weighted by molar-refractivity contribution is 7.85. The van der Waals surface area contributed by atoms with Crippen LogP contribution >= 0.6 is 0 Å². The predicted molar refractivity (Wildman–Crippen MR) is 125 cm³/mol. The van der Waals surface area contributed by atoms with Gasteiger partial charge in [-0.25, -0.2) is 0 Å². The molecular weight excluding hydrogens is 380 g/mol. The molecule has 0 aliphatic heterocycles. The van der Waals surface area contributed by atoms with E-state index in [0.29, 0.717) is 11.3 Å². The normalized spacial score (nSPS) is 21.3. The summed E-state index contributed by atoms with van der Waals surface area (Å²) in [6, 6.07) is 6.90. The summed E-state index contributed by atoms with van der Waals surface area (Å²) in [5.74, 6) is 1.64. The fraction of sp³-hybridized carbons (Fsp3) is 0.609. The number of aromatic nitrogens is 1. The first-order valence-corrected chi connectivity index (χ1v) is 12.5. The maximum absolute atomic E-state index is 12.2. The molecule has 0 bridgehead atoms. The minimum atomic E-state index is -0.699. The number of guanidine groups is 1. The highest BCUT2D eigenvalue weighted by atomic mass is 32.2. The summed E-state index contributed by atoms with van der Waals surface area (Å²) in [4.78, 5) is 8.28. The third-order valence-corrected chi connectivity index (χ3v) is 7.63. The SMILES string of the molecule is CCNC(=NCCc1c[nH]c2c(CC)cccc12)NC1CCCC(S(=O)CC)C1. The van der Waals surface area contributed by atoms with Crippen LogP contribution in [0.2, 0.25) is 0 Å². The Morgan fingerprint density at radius 3 is 2.86 bits per heavy atom. The molecule has 6 heteroatoms. The van der Waals surface area contributed by atoms with Crippen LogP contribution in [0.1, 0.15) is 57.6 Å². The molecule has 1 saturated carbocycles. The first-order valence-electron chi connectivity index (χ1n) is 11.2. The molecule has 29 heavy (non-hydrogen) atoms. The Balaban J connectivity index is 1.62. The van der Waals surface area contributed by atoms with Crippen molar-refractivity contribution < 1.29 is 4.21 Å². The summed E-state index contributed by atoms with van der Waals surface area (Å²) in [6.07, 6.45) is 8.42. The number of H-pyrrole nitrogens is 1. The van der Waals surface area contributed by atoms with Gasteiger partial charge < -0.3 is 15.6 Å². The van der Waals surface area contributed by atoms with Crippen molar-refractivity contribution in [3.05, 3.63) is 35.5 Å². The Bertz CT molecular complexity index is 845. The second-order valence-corrected chi connectivity index (χ2v) is 9.82. The van der Waals surface area contributed by atoms with Gasteiger partial charge >= 0.3 is 0 Å². The molecule has 0 saturated heterocycles. The molecule has 5 nitrogen and oxygen atoms in total. The summed E-state index contributed by atoms with van der Waals surface area (Å²) in [5, 5.41) is 8.62. The molecule has 3 unspecified atom stereocenters. The van der Waals surface area contributed by atoms with Gasteiger partial charge in [0.05, 0.1) is 0 Å². The van der Waals surface area contributed by atoms with Gasteiger partial charge in [0.2, 0.25) is 0 Å². The van der Waals surface area contributed by atoms with Crippen molar-refractivity contribution in [2.45, 2.75) is 70.6 Å². The largest absolute Gasteiger partial charge is 0.361 e. The van der Waals surface area contributed by atoms with Crippen LogP contribution in [0.25, 0.3) is 10.9 Å². The van der Waals surface area contributed by atoms with Crippen LogP contribution in [0.3, 0.4) is 0 Å². The van der Waals surface area contributed by atoms with Crippen LogP contribution in [0.4, 0.5) is 0 Å². The lowest BCUT2D eigenvalue weighted by atomic mass is 9.95. The van der Waals surface area contributed by atoms with E-state index in [1.807, 2.05) is 6.92 Å². The van der Waals surface area contributed by atoms with Gasteiger partial charge in [-0.3, -0.25) is 9.20 Å². The highest BCUT2D eigenvalue weighted by Gasteiger charge is 2.26. The number of aryl methyl sites for hydroxylation is 1. The van der Waals surface area contributed by atoms with E-state index in [2.05, 4.69) is 53.9 Å². The third-order valence-electron chi connectivity index (χ3n) is 5.89. The molecule has 0 amide bonds. The minimum absolute atomic E-state index is 0.327. The minimum Gasteiger partial charge on any atom is -0.361 e. The Kier molecular flexibility index (Phi) is 8.16. The Morgan fingerprint density at radius 2 is 2.10 bits per heavy atom. The smallest absolute Gasteiger partial charge is 0.191 e. The molecule has 3 atom stereocenters. The standard InChI is InChI=1S/C23H36N4OS/c1-4-17-9-7-12-21-18(16-26-22(17)21)13-14-25-23(24-5-2)27-19-10-8-11-20(15-19)29(28)6-3/h7,9,12,16,19-20,26H,4-6,8,10-11,13-15H2,1-3H3,(H2,24,25,27). The van der Waals surface area contributed by atoms with Crippen molar-refractivity contribution in [2.24, 2.45) is 4.99 Å². The van der Waals surface area contributed by atoms with Gasteiger partial charge in [0, 0.05) is 58.0 Å². The summed E-state index contributed by atoms with van der Waals surface area (Å²) >= 11 is 0. The van der Waals surface area contributed by atoms with E-state index < -0.39 is 10.8 Å². The number of para-hydroxylation sites is 1. The molecule has 160 valence electrons. The summed E-state index contributed by atoms with van der Waals surface area (Å²) in [5.41, 5.74) is 3.95. The molecular formula is C23H36N4OS. The molecule has 1 aliphatic rings. The molecule has 2 aromatic rings. The van der Waals surface area contributed by atoms with E-state index in [1.165, 1.54) is 22.0 Å². The lowest BCUT2D eigenvalue weighted by molar-refractivity contribution is 0.413. The van der Waals surface area contributed by atoms with Crippen LogP contribution in [0, 0.1) is 0 Å². The topological polar surface area (TPSA) is 69.3 Å². The van der Waals surface area contributed by atoms with Crippen molar-refractivity contribution >= 4 is 27.7 Å². The first kappa shape index (κ1) is 21.9. The van der Waals surface area contributed by atoms with Gasteiger partial charge in [-0.15, -0.1) is 0 Å². The number of aliphatic imine (C=N–C) groups is 1. The average Bonchev–Trinajstić information content (AvgIpc) is 3.16. The van der Waals surface area contributed by atoms with E-state index >= 15 is 0 Å².